The Kier molecular flexibility index (Phi) is 4.25. The zero-order chi connectivity index (χ0) is 13.5. The van der Waals surface area contributed by atoms with E-state index in [2.05, 4.69) is 12.1 Å². The summed E-state index contributed by atoms with van der Waals surface area (Å²) in [5, 5.41) is 0. The number of carbonyl (C=O) groups excluding carboxylic acids is 1. The van der Waals surface area contributed by atoms with E-state index < -0.39 is 5.54 Å². The third kappa shape index (κ3) is 2.76. The Bertz CT molecular complexity index is 485. The van der Waals surface area contributed by atoms with Crippen molar-refractivity contribution < 1.29 is 9.53 Å². The van der Waals surface area contributed by atoms with Gasteiger partial charge < -0.3 is 15.4 Å². The summed E-state index contributed by atoms with van der Waals surface area (Å²) in [4.78, 5) is 14.1. The first-order valence-corrected chi connectivity index (χ1v) is 6.84. The first-order valence-electron chi connectivity index (χ1n) is 6.84. The number of hydrogen-bond donors (Lipinski definition) is 1. The summed E-state index contributed by atoms with van der Waals surface area (Å²) < 4.78 is 5.16. The molecule has 1 saturated carbocycles. The number of amides is 1. The SMILES string of the molecule is COc1ccc(C2CCN(C(=O)C3(N)CC3)C2)cc1.Cl. The molecule has 1 atom stereocenters. The van der Waals surface area contributed by atoms with Crippen molar-refractivity contribution in [1.82, 2.24) is 4.90 Å². The van der Waals surface area contributed by atoms with Gasteiger partial charge in [-0.15, -0.1) is 12.4 Å². The Labute approximate surface area is 125 Å². The van der Waals surface area contributed by atoms with Crippen LogP contribution >= 0.6 is 12.4 Å². The fraction of sp³-hybridized carbons (Fsp3) is 0.533. The molecule has 110 valence electrons. The highest BCUT2D eigenvalue weighted by atomic mass is 35.5. The zero-order valence-electron chi connectivity index (χ0n) is 11.7. The fourth-order valence-electron chi connectivity index (χ4n) is 2.76. The molecule has 1 saturated heterocycles. The van der Waals surface area contributed by atoms with Gasteiger partial charge in [0.15, 0.2) is 0 Å². The van der Waals surface area contributed by atoms with E-state index in [0.29, 0.717) is 5.92 Å². The van der Waals surface area contributed by atoms with Crippen LogP contribution in [0, 0.1) is 0 Å². The lowest BCUT2D eigenvalue weighted by Gasteiger charge is -2.20. The van der Waals surface area contributed by atoms with Crippen molar-refractivity contribution in [2.45, 2.75) is 30.7 Å². The summed E-state index contributed by atoms with van der Waals surface area (Å²) in [6.07, 6.45) is 2.71. The second kappa shape index (κ2) is 5.62. The van der Waals surface area contributed by atoms with Gasteiger partial charge in [-0.05, 0) is 37.0 Å². The molecular weight excluding hydrogens is 276 g/mol. The van der Waals surface area contributed by atoms with Crippen LogP contribution in [-0.4, -0.2) is 36.5 Å². The smallest absolute Gasteiger partial charge is 0.242 e. The van der Waals surface area contributed by atoms with Gasteiger partial charge in [-0.25, -0.2) is 0 Å². The third-order valence-electron chi connectivity index (χ3n) is 4.28. The maximum atomic E-state index is 12.2. The Morgan fingerprint density at radius 2 is 2.00 bits per heavy atom. The summed E-state index contributed by atoms with van der Waals surface area (Å²) in [7, 11) is 1.67. The number of hydrogen-bond acceptors (Lipinski definition) is 3. The van der Waals surface area contributed by atoms with E-state index in [4.69, 9.17) is 10.5 Å². The second-order valence-corrected chi connectivity index (χ2v) is 5.67. The Morgan fingerprint density at radius 1 is 1.35 bits per heavy atom. The lowest BCUT2D eigenvalue weighted by molar-refractivity contribution is -0.132. The largest absolute Gasteiger partial charge is 0.497 e. The minimum Gasteiger partial charge on any atom is -0.497 e. The molecule has 20 heavy (non-hydrogen) atoms. The fourth-order valence-corrected chi connectivity index (χ4v) is 2.76. The van der Waals surface area contributed by atoms with Crippen LogP contribution in [0.4, 0.5) is 0 Å². The van der Waals surface area contributed by atoms with E-state index in [0.717, 1.165) is 38.1 Å². The van der Waals surface area contributed by atoms with Crippen molar-refractivity contribution in [2.75, 3.05) is 20.2 Å². The van der Waals surface area contributed by atoms with Crippen LogP contribution in [0.3, 0.4) is 0 Å². The molecule has 0 bridgehead atoms. The van der Waals surface area contributed by atoms with E-state index in [9.17, 15) is 4.79 Å². The van der Waals surface area contributed by atoms with E-state index in [1.807, 2.05) is 17.0 Å². The molecule has 5 heteroatoms. The van der Waals surface area contributed by atoms with Crippen LogP contribution in [0.1, 0.15) is 30.7 Å². The predicted octanol–water partition coefficient (Wildman–Crippen LogP) is 1.92. The summed E-state index contributed by atoms with van der Waals surface area (Å²) in [6.45, 7) is 1.62. The predicted molar refractivity (Wildman–Crippen MR) is 80.3 cm³/mol. The van der Waals surface area contributed by atoms with E-state index in [-0.39, 0.29) is 18.3 Å². The molecule has 1 aliphatic carbocycles. The van der Waals surface area contributed by atoms with Gasteiger partial charge in [-0.2, -0.15) is 0 Å². The molecule has 0 aromatic heterocycles. The minimum absolute atomic E-state index is 0. The van der Waals surface area contributed by atoms with Crippen molar-refractivity contribution in [3.05, 3.63) is 29.8 Å². The summed E-state index contributed by atoms with van der Waals surface area (Å²) >= 11 is 0. The monoisotopic (exact) mass is 296 g/mol. The average molecular weight is 297 g/mol. The van der Waals surface area contributed by atoms with Crippen LogP contribution in [0.5, 0.6) is 5.75 Å². The number of nitrogens with two attached hydrogens (primary N) is 1. The van der Waals surface area contributed by atoms with Crippen LogP contribution in [0.25, 0.3) is 0 Å². The maximum absolute atomic E-state index is 12.2. The molecule has 1 amide bonds. The van der Waals surface area contributed by atoms with Crippen molar-refractivity contribution in [1.29, 1.82) is 0 Å². The number of halogens is 1. The Hall–Kier alpha value is -1.26. The molecule has 4 nitrogen and oxygen atoms in total. The van der Waals surface area contributed by atoms with Crippen LogP contribution in [-0.2, 0) is 4.79 Å². The molecule has 0 spiro atoms. The van der Waals surface area contributed by atoms with Gasteiger partial charge in [-0.1, -0.05) is 12.1 Å². The number of ether oxygens (including phenoxy) is 1. The summed E-state index contributed by atoms with van der Waals surface area (Å²) in [6, 6.07) is 8.13. The molecule has 1 aromatic rings. The lowest BCUT2D eigenvalue weighted by Crippen LogP contribution is -2.44. The van der Waals surface area contributed by atoms with Crippen LogP contribution in [0.15, 0.2) is 24.3 Å². The molecule has 2 N–H and O–H groups in total. The summed E-state index contributed by atoms with van der Waals surface area (Å²) in [5.41, 5.74) is 6.73. The standard InChI is InChI=1S/C15H20N2O2.ClH/c1-19-13-4-2-11(3-5-13)12-6-9-17(10-12)14(18)15(16)7-8-15;/h2-5,12H,6-10,16H2,1H3;1H. The zero-order valence-corrected chi connectivity index (χ0v) is 12.5. The average Bonchev–Trinajstić information content (AvgIpc) is 3.02. The molecule has 2 aliphatic rings. The van der Waals surface area contributed by atoms with Gasteiger partial charge in [0.05, 0.1) is 12.6 Å². The molecule has 1 aromatic carbocycles. The topological polar surface area (TPSA) is 55.6 Å². The van der Waals surface area contributed by atoms with Gasteiger partial charge in [0.2, 0.25) is 5.91 Å². The van der Waals surface area contributed by atoms with Gasteiger partial charge in [0, 0.05) is 19.0 Å². The minimum atomic E-state index is -0.533. The maximum Gasteiger partial charge on any atom is 0.242 e. The second-order valence-electron chi connectivity index (χ2n) is 5.67. The molecule has 1 unspecified atom stereocenters. The van der Waals surface area contributed by atoms with Crippen molar-refractivity contribution >= 4 is 18.3 Å². The van der Waals surface area contributed by atoms with E-state index in [1.54, 1.807) is 7.11 Å². The van der Waals surface area contributed by atoms with Gasteiger partial charge in [0.1, 0.15) is 5.75 Å². The molecule has 0 radical (unpaired) electrons. The van der Waals surface area contributed by atoms with Crippen molar-refractivity contribution in [3.63, 3.8) is 0 Å². The van der Waals surface area contributed by atoms with Gasteiger partial charge >= 0.3 is 0 Å². The Balaban J connectivity index is 0.00000147. The quantitative estimate of drug-likeness (QED) is 0.927. The number of likely N-dealkylation sites (tertiary alicyclic amines) is 1. The number of carbonyl (C=O) groups is 1. The van der Waals surface area contributed by atoms with Crippen LogP contribution < -0.4 is 10.5 Å². The lowest BCUT2D eigenvalue weighted by atomic mass is 9.98. The normalized spacial score (nSPS) is 23.1. The van der Waals surface area contributed by atoms with E-state index in [1.165, 1.54) is 5.56 Å². The highest BCUT2D eigenvalue weighted by molar-refractivity contribution is 5.89. The van der Waals surface area contributed by atoms with Crippen LogP contribution in [0.2, 0.25) is 0 Å². The Morgan fingerprint density at radius 3 is 2.55 bits per heavy atom. The molecule has 2 fully saturated rings. The molecule has 3 rings (SSSR count). The number of benzene rings is 1. The van der Waals surface area contributed by atoms with Gasteiger partial charge in [-0.3, -0.25) is 4.79 Å². The first kappa shape index (κ1) is 15.1. The highest BCUT2D eigenvalue weighted by Crippen LogP contribution is 2.37. The first-order chi connectivity index (χ1) is 9.12. The van der Waals surface area contributed by atoms with Crippen molar-refractivity contribution in [3.8, 4) is 5.75 Å². The number of nitrogens with zero attached hydrogens (tertiary/aromatic N) is 1. The highest BCUT2D eigenvalue weighted by Gasteiger charge is 2.49. The molecular formula is C15H21ClN2O2. The molecule has 1 aliphatic heterocycles. The number of rotatable bonds is 3. The van der Waals surface area contributed by atoms with Gasteiger partial charge in [0.25, 0.3) is 0 Å². The number of methoxy groups -OCH3 is 1. The van der Waals surface area contributed by atoms with Crippen molar-refractivity contribution in [2.24, 2.45) is 5.73 Å². The van der Waals surface area contributed by atoms with E-state index >= 15 is 0 Å². The summed E-state index contributed by atoms with van der Waals surface area (Å²) in [5.74, 6) is 1.44. The third-order valence-corrected chi connectivity index (χ3v) is 4.28. The molecule has 1 heterocycles.